The molecule has 0 radical (unpaired) electrons. The average molecular weight is 575 g/mol. The number of carbonyl (C=O) groups is 1. The lowest BCUT2D eigenvalue weighted by Gasteiger charge is -2.22. The SMILES string of the molecule is CCCCCCCC/C=C\CCCCCCCCN(CCN)C(=O)CCCCCCC/C=C\CCCCCCCC. The molecule has 0 bridgehead atoms. The maximum Gasteiger partial charge on any atom is 0.222 e. The van der Waals surface area contributed by atoms with Crippen LogP contribution in [0.25, 0.3) is 0 Å². The zero-order chi connectivity index (χ0) is 29.9. The first kappa shape index (κ1) is 39.9. The zero-order valence-electron chi connectivity index (χ0n) is 28.2. The van der Waals surface area contributed by atoms with E-state index in [4.69, 9.17) is 5.73 Å². The van der Waals surface area contributed by atoms with Crippen molar-refractivity contribution in [1.82, 2.24) is 4.90 Å². The lowest BCUT2D eigenvalue weighted by atomic mass is 10.1. The monoisotopic (exact) mass is 575 g/mol. The van der Waals surface area contributed by atoms with Crippen molar-refractivity contribution >= 4 is 5.91 Å². The van der Waals surface area contributed by atoms with Crippen molar-refractivity contribution in [3.63, 3.8) is 0 Å². The van der Waals surface area contributed by atoms with Crippen molar-refractivity contribution in [2.75, 3.05) is 19.6 Å². The van der Waals surface area contributed by atoms with Crippen molar-refractivity contribution in [2.24, 2.45) is 5.73 Å². The molecule has 0 unspecified atom stereocenters. The molecule has 2 N–H and O–H groups in total. The van der Waals surface area contributed by atoms with Gasteiger partial charge in [-0.3, -0.25) is 4.79 Å². The first-order valence-electron chi connectivity index (χ1n) is 18.5. The predicted octanol–water partition coefficient (Wildman–Crippen LogP) is 11.8. The third-order valence-corrected chi connectivity index (χ3v) is 8.34. The fourth-order valence-electron chi connectivity index (χ4n) is 5.57. The molecule has 0 atom stereocenters. The van der Waals surface area contributed by atoms with Crippen molar-refractivity contribution in [3.8, 4) is 0 Å². The molecule has 0 spiro atoms. The zero-order valence-corrected chi connectivity index (χ0v) is 28.2. The molecule has 0 aliphatic heterocycles. The van der Waals surface area contributed by atoms with Gasteiger partial charge in [0.1, 0.15) is 0 Å². The molecule has 0 saturated carbocycles. The Morgan fingerprint density at radius 3 is 1.20 bits per heavy atom. The van der Waals surface area contributed by atoms with E-state index in [0.717, 1.165) is 25.9 Å². The second-order valence-electron chi connectivity index (χ2n) is 12.4. The summed E-state index contributed by atoms with van der Waals surface area (Å²) in [6, 6.07) is 0. The minimum absolute atomic E-state index is 0.320. The molecule has 1 amide bonds. The highest BCUT2D eigenvalue weighted by atomic mass is 16.2. The Labute approximate surface area is 258 Å². The van der Waals surface area contributed by atoms with Crippen LogP contribution in [0.15, 0.2) is 24.3 Å². The summed E-state index contributed by atoms with van der Waals surface area (Å²) in [7, 11) is 0. The summed E-state index contributed by atoms with van der Waals surface area (Å²) in [5.41, 5.74) is 5.81. The van der Waals surface area contributed by atoms with Gasteiger partial charge in [-0.2, -0.15) is 0 Å². The minimum atomic E-state index is 0.320. The lowest BCUT2D eigenvalue weighted by molar-refractivity contribution is -0.131. The van der Waals surface area contributed by atoms with Crippen LogP contribution in [-0.4, -0.2) is 30.4 Å². The van der Waals surface area contributed by atoms with Crippen LogP contribution in [0.1, 0.15) is 194 Å². The molecule has 0 heterocycles. The van der Waals surface area contributed by atoms with Gasteiger partial charge in [0.05, 0.1) is 0 Å². The van der Waals surface area contributed by atoms with Crippen LogP contribution in [0.4, 0.5) is 0 Å². The predicted molar refractivity (Wildman–Crippen MR) is 185 cm³/mol. The fraction of sp³-hybridized carbons (Fsp3) is 0.868. The normalized spacial score (nSPS) is 11.8. The van der Waals surface area contributed by atoms with Crippen LogP contribution >= 0.6 is 0 Å². The van der Waals surface area contributed by atoms with E-state index in [1.54, 1.807) is 0 Å². The van der Waals surface area contributed by atoms with Gasteiger partial charge >= 0.3 is 0 Å². The highest BCUT2D eigenvalue weighted by molar-refractivity contribution is 5.76. The number of nitrogens with zero attached hydrogens (tertiary/aromatic N) is 1. The summed E-state index contributed by atoms with van der Waals surface area (Å²) >= 11 is 0. The average Bonchev–Trinajstić information content (AvgIpc) is 2.98. The van der Waals surface area contributed by atoms with Crippen molar-refractivity contribution < 1.29 is 4.79 Å². The van der Waals surface area contributed by atoms with E-state index >= 15 is 0 Å². The molecule has 0 fully saturated rings. The number of hydrogen-bond acceptors (Lipinski definition) is 2. The Morgan fingerprint density at radius 2 is 0.805 bits per heavy atom. The van der Waals surface area contributed by atoms with Gasteiger partial charge in [0.15, 0.2) is 0 Å². The van der Waals surface area contributed by atoms with Crippen LogP contribution in [-0.2, 0) is 4.79 Å². The first-order chi connectivity index (χ1) is 20.3. The molecule has 0 aromatic heterocycles. The van der Waals surface area contributed by atoms with Gasteiger partial charge < -0.3 is 10.6 Å². The molecular weight excluding hydrogens is 500 g/mol. The van der Waals surface area contributed by atoms with E-state index in [1.807, 2.05) is 4.90 Å². The third-order valence-electron chi connectivity index (χ3n) is 8.34. The second kappa shape index (κ2) is 35.1. The topological polar surface area (TPSA) is 46.3 Å². The van der Waals surface area contributed by atoms with Crippen LogP contribution in [0, 0.1) is 0 Å². The van der Waals surface area contributed by atoms with Crippen LogP contribution < -0.4 is 5.73 Å². The van der Waals surface area contributed by atoms with Crippen LogP contribution in [0.3, 0.4) is 0 Å². The summed E-state index contributed by atoms with van der Waals surface area (Å²) in [5.74, 6) is 0.320. The largest absolute Gasteiger partial charge is 0.341 e. The summed E-state index contributed by atoms with van der Waals surface area (Å²) in [6.07, 6.45) is 45.6. The quantitative estimate of drug-likeness (QED) is 0.0626. The first-order valence-corrected chi connectivity index (χ1v) is 18.5. The third kappa shape index (κ3) is 31.7. The molecule has 0 saturated heterocycles. The lowest BCUT2D eigenvalue weighted by Crippen LogP contribution is -2.36. The van der Waals surface area contributed by atoms with Gasteiger partial charge in [-0.1, -0.05) is 147 Å². The minimum Gasteiger partial charge on any atom is -0.341 e. The van der Waals surface area contributed by atoms with Gasteiger partial charge in [-0.05, 0) is 64.2 Å². The standard InChI is InChI=1S/C38H74N2O/c1-3-5-7-9-11-13-15-17-19-21-23-25-27-29-31-33-36-40(37-35-39)38(41)34-32-30-28-26-24-22-20-18-16-14-12-10-8-6-4-2/h17-20H,3-16,21-37,39H2,1-2H3/b19-17-,20-18-. The fourth-order valence-corrected chi connectivity index (χ4v) is 5.57. The van der Waals surface area contributed by atoms with Crippen molar-refractivity contribution in [2.45, 2.75) is 194 Å². The highest BCUT2D eigenvalue weighted by Crippen LogP contribution is 2.13. The van der Waals surface area contributed by atoms with Crippen molar-refractivity contribution in [3.05, 3.63) is 24.3 Å². The highest BCUT2D eigenvalue weighted by Gasteiger charge is 2.11. The van der Waals surface area contributed by atoms with Gasteiger partial charge in [0.2, 0.25) is 5.91 Å². The Balaban J connectivity index is 3.59. The molecule has 0 aromatic carbocycles. The molecule has 0 aliphatic rings. The van der Waals surface area contributed by atoms with Gasteiger partial charge in [0.25, 0.3) is 0 Å². The van der Waals surface area contributed by atoms with E-state index < -0.39 is 0 Å². The van der Waals surface area contributed by atoms with Crippen molar-refractivity contribution in [1.29, 1.82) is 0 Å². The Kier molecular flexibility index (Phi) is 34.2. The van der Waals surface area contributed by atoms with E-state index in [1.165, 1.54) is 161 Å². The van der Waals surface area contributed by atoms with Gasteiger partial charge in [0, 0.05) is 26.1 Å². The van der Waals surface area contributed by atoms with Crippen LogP contribution in [0.2, 0.25) is 0 Å². The summed E-state index contributed by atoms with van der Waals surface area (Å²) in [4.78, 5) is 14.7. The maximum absolute atomic E-state index is 12.7. The molecule has 3 heteroatoms. The maximum atomic E-state index is 12.7. The molecule has 242 valence electrons. The van der Waals surface area contributed by atoms with E-state index in [-0.39, 0.29) is 0 Å². The number of hydrogen-bond donors (Lipinski definition) is 1. The summed E-state index contributed by atoms with van der Waals surface area (Å²) < 4.78 is 0. The number of allylic oxidation sites excluding steroid dienone is 4. The Hall–Kier alpha value is -1.09. The Bertz CT molecular complexity index is 571. The molecule has 0 rings (SSSR count). The Morgan fingerprint density at radius 1 is 0.463 bits per heavy atom. The van der Waals surface area contributed by atoms with E-state index in [0.29, 0.717) is 18.9 Å². The molecule has 0 aromatic rings. The van der Waals surface area contributed by atoms with Gasteiger partial charge in [-0.15, -0.1) is 0 Å². The summed E-state index contributed by atoms with van der Waals surface area (Å²) in [5, 5.41) is 0. The summed E-state index contributed by atoms with van der Waals surface area (Å²) in [6.45, 7) is 6.74. The van der Waals surface area contributed by atoms with Crippen LogP contribution in [0.5, 0.6) is 0 Å². The molecular formula is C38H74N2O. The number of amides is 1. The smallest absolute Gasteiger partial charge is 0.222 e. The van der Waals surface area contributed by atoms with Gasteiger partial charge in [-0.25, -0.2) is 0 Å². The number of carbonyl (C=O) groups excluding carboxylic acids is 1. The molecule has 0 aliphatic carbocycles. The van der Waals surface area contributed by atoms with E-state index in [2.05, 4.69) is 38.2 Å². The molecule has 41 heavy (non-hydrogen) atoms. The number of unbranched alkanes of at least 4 members (excludes halogenated alkanes) is 23. The second-order valence-corrected chi connectivity index (χ2v) is 12.4. The number of rotatable bonds is 33. The molecule has 3 nitrogen and oxygen atoms in total. The number of nitrogens with two attached hydrogens (primary N) is 1. The van der Waals surface area contributed by atoms with E-state index in [9.17, 15) is 4.79 Å².